The first kappa shape index (κ1) is 21.6. The summed E-state index contributed by atoms with van der Waals surface area (Å²) in [6, 6.07) is 35.1. The van der Waals surface area contributed by atoms with E-state index in [9.17, 15) is 9.90 Å². The number of hydrogen-bond acceptors (Lipinski definition) is 3. The Balaban J connectivity index is 1.64. The van der Waals surface area contributed by atoms with Crippen LogP contribution in [0.1, 0.15) is 57.4 Å². The molecule has 2 aliphatic rings. The molecular weight excluding hydrogens is 432 g/mol. The van der Waals surface area contributed by atoms with E-state index in [0.29, 0.717) is 11.3 Å². The van der Waals surface area contributed by atoms with Gasteiger partial charge in [-0.15, -0.1) is 0 Å². The molecule has 172 valence electrons. The summed E-state index contributed by atoms with van der Waals surface area (Å²) in [7, 11) is 0. The highest BCUT2D eigenvalue weighted by Gasteiger charge is 2.58. The first-order chi connectivity index (χ1) is 17.0. The zero-order valence-corrected chi connectivity index (χ0v) is 19.5. The number of ether oxygens (including phenoxy) is 1. The Morgan fingerprint density at radius 3 is 2.14 bits per heavy atom. The molecule has 0 amide bonds. The van der Waals surface area contributed by atoms with Crippen LogP contribution in [0.2, 0.25) is 0 Å². The van der Waals surface area contributed by atoms with Gasteiger partial charge in [0.15, 0.2) is 11.4 Å². The lowest BCUT2D eigenvalue weighted by molar-refractivity contribution is -0.0850. The molecule has 6 rings (SSSR count). The van der Waals surface area contributed by atoms with Crippen molar-refractivity contribution in [1.29, 1.82) is 0 Å². The number of rotatable bonds is 3. The average molecular weight is 459 g/mol. The van der Waals surface area contributed by atoms with Crippen molar-refractivity contribution in [2.45, 2.75) is 30.5 Å². The zero-order valence-electron chi connectivity index (χ0n) is 19.5. The van der Waals surface area contributed by atoms with Crippen molar-refractivity contribution in [2.24, 2.45) is 0 Å². The number of ketones is 1. The Morgan fingerprint density at radius 1 is 0.800 bits per heavy atom. The van der Waals surface area contributed by atoms with E-state index in [0.717, 1.165) is 27.8 Å². The van der Waals surface area contributed by atoms with Crippen LogP contribution < -0.4 is 0 Å². The average Bonchev–Trinajstić information content (AvgIpc) is 2.89. The normalized spacial score (nSPS) is 24.6. The van der Waals surface area contributed by atoms with E-state index in [1.807, 2.05) is 116 Å². The maximum Gasteiger partial charge on any atom is 0.174 e. The molecule has 3 unspecified atom stereocenters. The van der Waals surface area contributed by atoms with Crippen LogP contribution in [0.3, 0.4) is 0 Å². The number of hydrogen-bond donors (Lipinski definition) is 1. The molecule has 0 fully saturated rings. The molecule has 1 heterocycles. The standard InChI is InChI=1S/C32H26O3/c1-31(34)21-32(26-18-10-8-16-24(26)20-28(35-32)22-12-4-2-5-13-22)29(25-17-9-11-19-27(25)31)30(33)23-14-6-3-7-15-23/h2-20,29,34H,21H2,1H3. The molecule has 4 aromatic carbocycles. The Kier molecular flexibility index (Phi) is 4.98. The molecule has 1 spiro atoms. The second-order valence-corrected chi connectivity index (χ2v) is 9.65. The Labute approximate surface area is 205 Å². The Bertz CT molecular complexity index is 1440. The lowest BCUT2D eigenvalue weighted by Gasteiger charge is -2.51. The van der Waals surface area contributed by atoms with Crippen LogP contribution in [0.25, 0.3) is 11.8 Å². The van der Waals surface area contributed by atoms with Crippen LogP contribution in [0, 0.1) is 0 Å². The second kappa shape index (κ2) is 8.07. The summed E-state index contributed by atoms with van der Waals surface area (Å²) in [6.45, 7) is 1.82. The van der Waals surface area contributed by atoms with Crippen molar-refractivity contribution in [3.63, 3.8) is 0 Å². The molecule has 4 aromatic rings. The summed E-state index contributed by atoms with van der Waals surface area (Å²) in [5, 5.41) is 11.8. The van der Waals surface area contributed by atoms with Crippen LogP contribution >= 0.6 is 0 Å². The maximum absolute atomic E-state index is 14.3. The molecule has 35 heavy (non-hydrogen) atoms. The minimum Gasteiger partial charge on any atom is -0.481 e. The predicted molar refractivity (Wildman–Crippen MR) is 138 cm³/mol. The van der Waals surface area contributed by atoms with Crippen LogP contribution in [-0.2, 0) is 15.9 Å². The van der Waals surface area contributed by atoms with E-state index in [2.05, 4.69) is 6.07 Å². The predicted octanol–water partition coefficient (Wildman–Crippen LogP) is 6.69. The largest absolute Gasteiger partial charge is 0.481 e. The van der Waals surface area contributed by atoms with Crippen molar-refractivity contribution in [2.75, 3.05) is 0 Å². The monoisotopic (exact) mass is 458 g/mol. The van der Waals surface area contributed by atoms with E-state index < -0.39 is 17.1 Å². The van der Waals surface area contributed by atoms with Crippen molar-refractivity contribution in [1.82, 2.24) is 0 Å². The molecule has 0 aromatic heterocycles. The topological polar surface area (TPSA) is 46.5 Å². The van der Waals surface area contributed by atoms with Crippen LogP contribution in [0.5, 0.6) is 0 Å². The van der Waals surface area contributed by atoms with Gasteiger partial charge in [0.2, 0.25) is 0 Å². The Hall–Kier alpha value is -3.95. The third-order valence-electron chi connectivity index (χ3n) is 7.30. The number of carbonyl (C=O) groups is 1. The van der Waals surface area contributed by atoms with Gasteiger partial charge in [-0.05, 0) is 29.7 Å². The Morgan fingerprint density at radius 2 is 1.40 bits per heavy atom. The number of fused-ring (bicyclic) bond motifs is 3. The number of carbonyl (C=O) groups excluding carboxylic acids is 1. The third-order valence-corrected chi connectivity index (χ3v) is 7.30. The second-order valence-electron chi connectivity index (χ2n) is 9.65. The lowest BCUT2D eigenvalue weighted by atomic mass is 9.60. The van der Waals surface area contributed by atoms with Gasteiger partial charge < -0.3 is 9.84 Å². The van der Waals surface area contributed by atoms with E-state index in [-0.39, 0.29) is 12.2 Å². The summed E-state index contributed by atoms with van der Waals surface area (Å²) in [6.07, 6.45) is 2.29. The smallest absolute Gasteiger partial charge is 0.174 e. The molecule has 3 heteroatoms. The zero-order chi connectivity index (χ0) is 24.0. The van der Waals surface area contributed by atoms with E-state index in [1.54, 1.807) is 0 Å². The van der Waals surface area contributed by atoms with Gasteiger partial charge in [-0.25, -0.2) is 0 Å². The van der Waals surface area contributed by atoms with E-state index in [1.165, 1.54) is 0 Å². The summed E-state index contributed by atoms with van der Waals surface area (Å²) in [5.41, 5.74) is 2.80. The molecule has 3 atom stereocenters. The number of aliphatic hydroxyl groups is 1. The maximum atomic E-state index is 14.3. The van der Waals surface area contributed by atoms with Gasteiger partial charge in [0.25, 0.3) is 0 Å². The van der Waals surface area contributed by atoms with Crippen molar-refractivity contribution < 1.29 is 14.6 Å². The van der Waals surface area contributed by atoms with E-state index >= 15 is 0 Å². The minimum atomic E-state index is -1.18. The molecule has 0 radical (unpaired) electrons. The fourth-order valence-corrected chi connectivity index (χ4v) is 5.84. The quantitative estimate of drug-likeness (QED) is 0.348. The van der Waals surface area contributed by atoms with Gasteiger partial charge in [0, 0.05) is 23.1 Å². The number of benzene rings is 4. The van der Waals surface area contributed by atoms with Gasteiger partial charge in [-0.1, -0.05) is 109 Å². The number of Topliss-reactive ketones (excluding diaryl/α,β-unsaturated/α-hetero) is 1. The molecule has 0 bridgehead atoms. The molecule has 0 saturated heterocycles. The van der Waals surface area contributed by atoms with Gasteiger partial charge in [-0.3, -0.25) is 4.79 Å². The summed E-state index contributed by atoms with van der Waals surface area (Å²) in [4.78, 5) is 14.3. The first-order valence-corrected chi connectivity index (χ1v) is 12.0. The highest BCUT2D eigenvalue weighted by Crippen LogP contribution is 2.58. The van der Waals surface area contributed by atoms with Gasteiger partial charge >= 0.3 is 0 Å². The first-order valence-electron chi connectivity index (χ1n) is 12.0. The van der Waals surface area contributed by atoms with Crippen LogP contribution in [0.4, 0.5) is 0 Å². The molecule has 1 N–H and O–H groups in total. The van der Waals surface area contributed by atoms with Crippen LogP contribution in [-0.4, -0.2) is 10.9 Å². The van der Waals surface area contributed by atoms with Gasteiger partial charge in [0.1, 0.15) is 5.76 Å². The molecule has 1 aliphatic carbocycles. The molecule has 1 aliphatic heterocycles. The highest BCUT2D eigenvalue weighted by molar-refractivity contribution is 6.03. The minimum absolute atomic E-state index is 0.0161. The SMILES string of the molecule is CC1(O)CC2(OC(c3ccccc3)=Cc3ccccc32)C(C(=O)c2ccccc2)c2ccccc21. The fourth-order valence-electron chi connectivity index (χ4n) is 5.84. The van der Waals surface area contributed by atoms with Crippen molar-refractivity contribution in [3.8, 4) is 0 Å². The van der Waals surface area contributed by atoms with Crippen molar-refractivity contribution >= 4 is 17.6 Å². The van der Waals surface area contributed by atoms with Gasteiger partial charge in [0.05, 0.1) is 11.5 Å². The summed E-state index contributed by atoms with van der Waals surface area (Å²) < 4.78 is 6.96. The third kappa shape index (κ3) is 3.43. The van der Waals surface area contributed by atoms with Gasteiger partial charge in [-0.2, -0.15) is 0 Å². The summed E-state index contributed by atoms with van der Waals surface area (Å²) >= 11 is 0. The molecule has 0 saturated carbocycles. The van der Waals surface area contributed by atoms with E-state index in [4.69, 9.17) is 4.74 Å². The van der Waals surface area contributed by atoms with Crippen LogP contribution in [0.15, 0.2) is 109 Å². The van der Waals surface area contributed by atoms with Crippen molar-refractivity contribution in [3.05, 3.63) is 143 Å². The molecular formula is C32H26O3. The molecule has 3 nitrogen and oxygen atoms in total. The highest BCUT2D eigenvalue weighted by atomic mass is 16.5. The lowest BCUT2D eigenvalue weighted by Crippen LogP contribution is -2.51. The summed E-state index contributed by atoms with van der Waals surface area (Å²) in [5.74, 6) is 0.0536. The fraction of sp³-hybridized carbons (Fsp3) is 0.156.